The molecule has 2 aliphatic rings. The molecule has 4 nitrogen and oxygen atoms in total. The van der Waals surface area contributed by atoms with Crippen molar-refractivity contribution in [2.24, 2.45) is 11.3 Å². The molecule has 0 bridgehead atoms. The zero-order valence-electron chi connectivity index (χ0n) is 11.2. The number of carbonyl (C=O) groups excluding carboxylic acids is 1. The molecule has 1 aliphatic heterocycles. The third-order valence-corrected chi connectivity index (χ3v) is 4.53. The van der Waals surface area contributed by atoms with Crippen LogP contribution in [0.3, 0.4) is 0 Å². The van der Waals surface area contributed by atoms with Gasteiger partial charge >= 0.3 is 5.97 Å². The number of aliphatic carboxylic acids is 1. The lowest BCUT2D eigenvalue weighted by molar-refractivity contribution is -0.150. The van der Waals surface area contributed by atoms with Crippen molar-refractivity contribution in [1.29, 1.82) is 0 Å². The first-order valence-corrected chi connectivity index (χ1v) is 7.05. The molecule has 1 heterocycles. The fraction of sp³-hybridized carbons (Fsp3) is 0.857. The molecule has 1 aliphatic carbocycles. The number of likely N-dealkylation sites (tertiary alicyclic amines) is 1. The van der Waals surface area contributed by atoms with Gasteiger partial charge in [0.2, 0.25) is 5.91 Å². The quantitative estimate of drug-likeness (QED) is 0.821. The van der Waals surface area contributed by atoms with Gasteiger partial charge in [0.1, 0.15) is 0 Å². The van der Waals surface area contributed by atoms with Gasteiger partial charge in [0.25, 0.3) is 0 Å². The number of carbonyl (C=O) groups is 2. The number of hydrogen-bond acceptors (Lipinski definition) is 2. The summed E-state index contributed by atoms with van der Waals surface area (Å²) in [5.74, 6) is -0.940. The number of piperidine rings is 1. The zero-order valence-corrected chi connectivity index (χ0v) is 11.2. The Morgan fingerprint density at radius 2 is 1.83 bits per heavy atom. The molecule has 4 heteroatoms. The summed E-state index contributed by atoms with van der Waals surface area (Å²) in [6.07, 6.45) is 6.91. The molecule has 2 rings (SSSR count). The normalized spacial score (nSPS) is 27.8. The van der Waals surface area contributed by atoms with Crippen LogP contribution in [0, 0.1) is 11.3 Å². The fourth-order valence-corrected chi connectivity index (χ4v) is 3.29. The topological polar surface area (TPSA) is 57.6 Å². The van der Waals surface area contributed by atoms with Crippen molar-refractivity contribution in [1.82, 2.24) is 4.90 Å². The third-order valence-electron chi connectivity index (χ3n) is 4.53. The second-order valence-corrected chi connectivity index (χ2v) is 6.05. The number of rotatable bonds is 2. The molecule has 1 saturated carbocycles. The second-order valence-electron chi connectivity index (χ2n) is 6.05. The highest BCUT2D eigenvalue weighted by molar-refractivity contribution is 5.83. The Balaban J connectivity index is 2.01. The summed E-state index contributed by atoms with van der Waals surface area (Å²) in [4.78, 5) is 25.4. The number of nitrogens with zero attached hydrogens (tertiary/aromatic N) is 1. The minimum Gasteiger partial charge on any atom is -0.481 e. The second kappa shape index (κ2) is 5.29. The van der Waals surface area contributed by atoms with Gasteiger partial charge in [-0.05, 0) is 25.7 Å². The Morgan fingerprint density at radius 1 is 1.17 bits per heavy atom. The van der Waals surface area contributed by atoms with Crippen LogP contribution in [0.4, 0.5) is 0 Å². The first kappa shape index (κ1) is 13.4. The summed E-state index contributed by atoms with van der Waals surface area (Å²) < 4.78 is 0. The van der Waals surface area contributed by atoms with Gasteiger partial charge in [0.05, 0.1) is 5.92 Å². The number of carboxylic acid groups (broad SMARTS) is 1. The van der Waals surface area contributed by atoms with Crippen LogP contribution in [0.5, 0.6) is 0 Å². The molecule has 0 aromatic rings. The van der Waals surface area contributed by atoms with Crippen LogP contribution < -0.4 is 0 Å². The summed E-state index contributed by atoms with van der Waals surface area (Å²) in [6, 6.07) is 0. The van der Waals surface area contributed by atoms with Crippen molar-refractivity contribution in [3.8, 4) is 0 Å². The largest absolute Gasteiger partial charge is 0.481 e. The molecule has 0 unspecified atom stereocenters. The van der Waals surface area contributed by atoms with E-state index in [1.54, 1.807) is 4.90 Å². The highest BCUT2D eigenvalue weighted by atomic mass is 16.4. The third kappa shape index (κ3) is 2.68. The molecule has 1 saturated heterocycles. The summed E-state index contributed by atoms with van der Waals surface area (Å²) in [5, 5.41) is 9.07. The van der Waals surface area contributed by atoms with E-state index < -0.39 is 5.97 Å². The average Bonchev–Trinajstić information content (AvgIpc) is 2.39. The number of carboxylic acids is 1. The van der Waals surface area contributed by atoms with Crippen LogP contribution >= 0.6 is 0 Å². The van der Waals surface area contributed by atoms with Crippen molar-refractivity contribution in [3.63, 3.8) is 0 Å². The van der Waals surface area contributed by atoms with E-state index in [2.05, 4.69) is 6.92 Å². The molecule has 0 spiro atoms. The maximum Gasteiger partial charge on any atom is 0.308 e. The minimum absolute atomic E-state index is 0.188. The Kier molecular flexibility index (Phi) is 3.93. The Hall–Kier alpha value is -1.06. The van der Waals surface area contributed by atoms with Crippen LogP contribution in [0.25, 0.3) is 0 Å². The van der Waals surface area contributed by atoms with Crippen molar-refractivity contribution in [3.05, 3.63) is 0 Å². The van der Waals surface area contributed by atoms with Gasteiger partial charge in [-0.2, -0.15) is 0 Å². The van der Waals surface area contributed by atoms with E-state index >= 15 is 0 Å². The Bertz CT molecular complexity index is 334. The lowest BCUT2D eigenvalue weighted by Crippen LogP contribution is -2.49. The minimum atomic E-state index is -0.763. The summed E-state index contributed by atoms with van der Waals surface area (Å²) >= 11 is 0. The van der Waals surface area contributed by atoms with Gasteiger partial charge in [-0.1, -0.05) is 26.2 Å². The predicted octanol–water partition coefficient (Wildman–Crippen LogP) is 2.28. The van der Waals surface area contributed by atoms with Crippen molar-refractivity contribution in [2.45, 2.75) is 51.9 Å². The molecule has 1 atom stereocenters. The molecule has 0 radical (unpaired) electrons. The summed E-state index contributed by atoms with van der Waals surface area (Å²) in [5.41, 5.74) is -0.237. The molecule has 0 aromatic heterocycles. The summed E-state index contributed by atoms with van der Waals surface area (Å²) in [7, 11) is 0. The Morgan fingerprint density at radius 3 is 2.44 bits per heavy atom. The molecule has 18 heavy (non-hydrogen) atoms. The highest BCUT2D eigenvalue weighted by Gasteiger charge is 2.39. The first-order chi connectivity index (χ1) is 8.53. The van der Waals surface area contributed by atoms with Crippen LogP contribution in [-0.4, -0.2) is 35.0 Å². The Labute approximate surface area is 108 Å². The van der Waals surface area contributed by atoms with E-state index in [0.717, 1.165) is 38.6 Å². The van der Waals surface area contributed by atoms with Gasteiger partial charge in [0.15, 0.2) is 0 Å². The average molecular weight is 253 g/mol. The smallest absolute Gasteiger partial charge is 0.308 e. The standard InChI is InChI=1S/C14H23NO3/c1-14(7-3-2-4-8-14)13(18)15-9-5-6-11(10-15)12(16)17/h11H,2-10H2,1H3,(H,16,17)/t11-/m0/s1. The number of amides is 1. The zero-order chi connectivity index (χ0) is 13.2. The SMILES string of the molecule is CC1(C(=O)N2CCC[C@H](C(=O)O)C2)CCCCC1. The maximum atomic E-state index is 12.6. The van der Waals surface area contributed by atoms with E-state index in [1.165, 1.54) is 6.42 Å². The van der Waals surface area contributed by atoms with Crippen LogP contribution in [0.2, 0.25) is 0 Å². The van der Waals surface area contributed by atoms with E-state index in [1.807, 2.05) is 0 Å². The summed E-state index contributed by atoms with van der Waals surface area (Å²) in [6.45, 7) is 3.20. The van der Waals surface area contributed by atoms with E-state index in [0.29, 0.717) is 13.0 Å². The molecular formula is C14H23NO3. The van der Waals surface area contributed by atoms with Gasteiger partial charge in [-0.15, -0.1) is 0 Å². The highest BCUT2D eigenvalue weighted by Crippen LogP contribution is 2.38. The van der Waals surface area contributed by atoms with Crippen LogP contribution in [0.15, 0.2) is 0 Å². The van der Waals surface area contributed by atoms with E-state index in [9.17, 15) is 9.59 Å². The molecular weight excluding hydrogens is 230 g/mol. The van der Waals surface area contributed by atoms with Crippen LogP contribution in [-0.2, 0) is 9.59 Å². The van der Waals surface area contributed by atoms with E-state index in [4.69, 9.17) is 5.11 Å². The fourth-order valence-electron chi connectivity index (χ4n) is 3.29. The van der Waals surface area contributed by atoms with E-state index in [-0.39, 0.29) is 17.2 Å². The lowest BCUT2D eigenvalue weighted by atomic mass is 9.74. The molecule has 102 valence electrons. The predicted molar refractivity (Wildman–Crippen MR) is 68.1 cm³/mol. The molecule has 1 N–H and O–H groups in total. The van der Waals surface area contributed by atoms with Gasteiger partial charge < -0.3 is 10.0 Å². The van der Waals surface area contributed by atoms with Gasteiger partial charge in [-0.3, -0.25) is 9.59 Å². The monoisotopic (exact) mass is 253 g/mol. The van der Waals surface area contributed by atoms with Crippen molar-refractivity contribution >= 4 is 11.9 Å². The molecule has 2 fully saturated rings. The lowest BCUT2D eigenvalue weighted by Gasteiger charge is -2.40. The van der Waals surface area contributed by atoms with Gasteiger partial charge in [0, 0.05) is 18.5 Å². The molecule has 1 amide bonds. The maximum absolute atomic E-state index is 12.6. The van der Waals surface area contributed by atoms with Gasteiger partial charge in [-0.25, -0.2) is 0 Å². The molecule has 0 aromatic carbocycles. The number of hydrogen-bond donors (Lipinski definition) is 1. The van der Waals surface area contributed by atoms with Crippen molar-refractivity contribution in [2.75, 3.05) is 13.1 Å². The van der Waals surface area contributed by atoms with Crippen LogP contribution in [0.1, 0.15) is 51.9 Å². The van der Waals surface area contributed by atoms with Crippen molar-refractivity contribution < 1.29 is 14.7 Å². The first-order valence-electron chi connectivity index (χ1n) is 7.05.